The highest BCUT2D eigenvalue weighted by Gasteiger charge is 2.27. The summed E-state index contributed by atoms with van der Waals surface area (Å²) in [6.45, 7) is 5.03. The third-order valence-corrected chi connectivity index (χ3v) is 6.36. The van der Waals surface area contributed by atoms with Crippen LogP contribution in [0.5, 0.6) is 0 Å². The monoisotopic (exact) mass is 378 g/mol. The molecule has 0 aliphatic heterocycles. The molecule has 0 aromatic heterocycles. The minimum absolute atomic E-state index is 0.0151. The van der Waals surface area contributed by atoms with Crippen LogP contribution in [0.4, 0.5) is 0 Å². The summed E-state index contributed by atoms with van der Waals surface area (Å²) in [4.78, 5) is 11.0. The summed E-state index contributed by atoms with van der Waals surface area (Å²) in [5.41, 5.74) is 0.239. The molecule has 0 radical (unpaired) electrons. The standard InChI is InChI=1S/C14H22N2O6S2/c1-9(2)7-12(14(17)18)16-23(19,20)11-5-6-13(10(3)8-11)24(21,22)15-4/h5-6,8-9,12,15-16H,7H2,1-4H3,(H,17,18)/t12-/m0/s1. The van der Waals surface area contributed by atoms with E-state index >= 15 is 0 Å². The van der Waals surface area contributed by atoms with Crippen molar-refractivity contribution in [2.45, 2.75) is 43.0 Å². The number of hydrogen-bond donors (Lipinski definition) is 3. The van der Waals surface area contributed by atoms with Crippen molar-refractivity contribution in [1.82, 2.24) is 9.44 Å². The first kappa shape index (κ1) is 20.6. The van der Waals surface area contributed by atoms with E-state index in [1.54, 1.807) is 13.8 Å². The highest BCUT2D eigenvalue weighted by atomic mass is 32.2. The third kappa shape index (κ3) is 5.00. The molecule has 24 heavy (non-hydrogen) atoms. The Hall–Kier alpha value is -1.49. The summed E-state index contributed by atoms with van der Waals surface area (Å²) >= 11 is 0. The van der Waals surface area contributed by atoms with E-state index < -0.39 is 32.1 Å². The molecule has 0 saturated carbocycles. The first-order valence-electron chi connectivity index (χ1n) is 7.20. The van der Waals surface area contributed by atoms with Crippen molar-refractivity contribution >= 4 is 26.0 Å². The second-order valence-electron chi connectivity index (χ2n) is 5.78. The zero-order valence-electron chi connectivity index (χ0n) is 13.9. The molecule has 1 aromatic rings. The van der Waals surface area contributed by atoms with Gasteiger partial charge in [-0.15, -0.1) is 0 Å². The van der Waals surface area contributed by atoms with Gasteiger partial charge in [-0.25, -0.2) is 21.6 Å². The molecule has 0 unspecified atom stereocenters. The van der Waals surface area contributed by atoms with Gasteiger partial charge in [0, 0.05) is 0 Å². The molecular weight excluding hydrogens is 356 g/mol. The summed E-state index contributed by atoms with van der Waals surface area (Å²) in [7, 11) is -6.54. The Morgan fingerprint density at radius 3 is 2.17 bits per heavy atom. The summed E-state index contributed by atoms with van der Waals surface area (Å²) < 4.78 is 52.7. The first-order valence-corrected chi connectivity index (χ1v) is 10.2. The average Bonchev–Trinajstić information content (AvgIpc) is 2.45. The number of carboxylic acid groups (broad SMARTS) is 1. The van der Waals surface area contributed by atoms with Crippen LogP contribution in [0.3, 0.4) is 0 Å². The third-order valence-electron chi connectivity index (χ3n) is 3.32. The number of rotatable bonds is 8. The molecule has 0 aliphatic carbocycles. The van der Waals surface area contributed by atoms with Gasteiger partial charge in [-0.1, -0.05) is 13.8 Å². The first-order chi connectivity index (χ1) is 10.9. The van der Waals surface area contributed by atoms with Crippen LogP contribution in [0, 0.1) is 12.8 Å². The Morgan fingerprint density at radius 1 is 1.17 bits per heavy atom. The second-order valence-corrected chi connectivity index (χ2v) is 9.35. The van der Waals surface area contributed by atoms with Crippen LogP contribution in [0.25, 0.3) is 0 Å². The molecule has 0 fully saturated rings. The summed E-state index contributed by atoms with van der Waals surface area (Å²) in [5, 5.41) is 9.16. The number of sulfonamides is 2. The lowest BCUT2D eigenvalue weighted by molar-refractivity contribution is -0.139. The lowest BCUT2D eigenvalue weighted by Gasteiger charge is -2.17. The Labute approximate surface area is 142 Å². The van der Waals surface area contributed by atoms with Crippen molar-refractivity contribution in [1.29, 1.82) is 0 Å². The summed E-state index contributed by atoms with van der Waals surface area (Å²) in [6.07, 6.45) is 0.139. The Morgan fingerprint density at radius 2 is 1.75 bits per heavy atom. The molecule has 0 saturated heterocycles. The van der Waals surface area contributed by atoms with Gasteiger partial charge in [-0.2, -0.15) is 4.72 Å². The van der Waals surface area contributed by atoms with Gasteiger partial charge in [0.1, 0.15) is 6.04 Å². The summed E-state index contributed by atoms with van der Waals surface area (Å²) in [5.74, 6) is -1.28. The van der Waals surface area contributed by atoms with E-state index in [0.29, 0.717) is 0 Å². The minimum atomic E-state index is -4.09. The van der Waals surface area contributed by atoms with Crippen molar-refractivity contribution in [3.05, 3.63) is 23.8 Å². The van der Waals surface area contributed by atoms with Crippen molar-refractivity contribution in [3.63, 3.8) is 0 Å². The van der Waals surface area contributed by atoms with Gasteiger partial charge in [0.15, 0.2) is 0 Å². The van der Waals surface area contributed by atoms with Crippen molar-refractivity contribution in [2.75, 3.05) is 7.05 Å². The smallest absolute Gasteiger partial charge is 0.321 e. The van der Waals surface area contributed by atoms with E-state index in [-0.39, 0.29) is 27.7 Å². The zero-order chi connectivity index (χ0) is 18.7. The van der Waals surface area contributed by atoms with E-state index in [0.717, 1.165) is 6.07 Å². The van der Waals surface area contributed by atoms with Gasteiger partial charge in [0.25, 0.3) is 0 Å². The average molecular weight is 378 g/mol. The highest BCUT2D eigenvalue weighted by Crippen LogP contribution is 2.20. The lowest BCUT2D eigenvalue weighted by atomic mass is 10.1. The molecule has 0 heterocycles. The minimum Gasteiger partial charge on any atom is -0.480 e. The van der Waals surface area contributed by atoms with Crippen LogP contribution >= 0.6 is 0 Å². The molecule has 3 N–H and O–H groups in total. The Balaban J connectivity index is 3.20. The number of hydrogen-bond acceptors (Lipinski definition) is 5. The largest absolute Gasteiger partial charge is 0.480 e. The molecule has 0 bridgehead atoms. The van der Waals surface area contributed by atoms with Gasteiger partial charge in [-0.3, -0.25) is 4.79 Å². The number of nitrogens with one attached hydrogen (secondary N) is 2. The van der Waals surface area contributed by atoms with E-state index in [1.807, 2.05) is 0 Å². The maximum Gasteiger partial charge on any atom is 0.321 e. The van der Waals surface area contributed by atoms with E-state index in [1.165, 1.54) is 26.1 Å². The molecule has 0 spiro atoms. The van der Waals surface area contributed by atoms with Crippen LogP contribution in [0.1, 0.15) is 25.8 Å². The van der Waals surface area contributed by atoms with Gasteiger partial charge >= 0.3 is 5.97 Å². The van der Waals surface area contributed by atoms with Crippen molar-refractivity contribution < 1.29 is 26.7 Å². The molecular formula is C14H22N2O6S2. The number of benzene rings is 1. The van der Waals surface area contributed by atoms with Crippen LogP contribution in [0.2, 0.25) is 0 Å². The zero-order valence-corrected chi connectivity index (χ0v) is 15.5. The number of aryl methyl sites for hydroxylation is 1. The number of aliphatic carboxylic acids is 1. The van der Waals surface area contributed by atoms with Crippen LogP contribution in [-0.2, 0) is 24.8 Å². The predicted octanol–water partition coefficient (Wildman–Crippen LogP) is 0.681. The predicted molar refractivity (Wildman–Crippen MR) is 88.6 cm³/mol. The topological polar surface area (TPSA) is 130 Å². The van der Waals surface area contributed by atoms with E-state index in [9.17, 15) is 21.6 Å². The van der Waals surface area contributed by atoms with E-state index in [4.69, 9.17) is 5.11 Å². The SMILES string of the molecule is CNS(=O)(=O)c1ccc(S(=O)(=O)N[C@@H](CC(C)C)C(=O)O)cc1C. The van der Waals surface area contributed by atoms with Gasteiger partial charge in [-0.05, 0) is 50.1 Å². The second kappa shape index (κ2) is 7.60. The Bertz CT molecular complexity index is 816. The highest BCUT2D eigenvalue weighted by molar-refractivity contribution is 7.90. The molecule has 1 rings (SSSR count). The molecule has 0 amide bonds. The molecule has 10 heteroatoms. The Kier molecular flexibility index (Phi) is 6.51. The maximum absolute atomic E-state index is 12.4. The fourth-order valence-electron chi connectivity index (χ4n) is 2.13. The van der Waals surface area contributed by atoms with Crippen LogP contribution < -0.4 is 9.44 Å². The number of carboxylic acids is 1. The van der Waals surface area contributed by atoms with Gasteiger partial charge in [0.05, 0.1) is 9.79 Å². The molecule has 8 nitrogen and oxygen atoms in total. The van der Waals surface area contributed by atoms with Crippen molar-refractivity contribution in [2.24, 2.45) is 5.92 Å². The van der Waals surface area contributed by atoms with E-state index in [2.05, 4.69) is 9.44 Å². The van der Waals surface area contributed by atoms with Crippen molar-refractivity contribution in [3.8, 4) is 0 Å². The van der Waals surface area contributed by atoms with Crippen LogP contribution in [0.15, 0.2) is 28.0 Å². The van der Waals surface area contributed by atoms with Gasteiger partial charge in [0.2, 0.25) is 20.0 Å². The molecule has 136 valence electrons. The quantitative estimate of drug-likeness (QED) is 0.610. The fraction of sp³-hybridized carbons (Fsp3) is 0.500. The van der Waals surface area contributed by atoms with Crippen LogP contribution in [-0.4, -0.2) is 41.0 Å². The summed E-state index contributed by atoms with van der Waals surface area (Å²) in [6, 6.07) is 2.25. The maximum atomic E-state index is 12.4. The molecule has 1 atom stereocenters. The molecule has 1 aromatic carbocycles. The van der Waals surface area contributed by atoms with Gasteiger partial charge < -0.3 is 5.11 Å². The molecule has 0 aliphatic rings. The fourth-order valence-corrected chi connectivity index (χ4v) is 4.36. The lowest BCUT2D eigenvalue weighted by Crippen LogP contribution is -2.41. The normalized spacial score (nSPS) is 13.9. The number of carbonyl (C=O) groups is 1.